The van der Waals surface area contributed by atoms with Gasteiger partial charge in [-0.05, 0) is 59.9 Å². The zero-order valence-corrected chi connectivity index (χ0v) is 13.5. The van der Waals surface area contributed by atoms with Crippen LogP contribution in [0.25, 0.3) is 11.1 Å². The van der Waals surface area contributed by atoms with Crippen LogP contribution in [0.5, 0.6) is 5.75 Å². The van der Waals surface area contributed by atoms with E-state index in [1.807, 2.05) is 24.3 Å². The Hall–Kier alpha value is -1.32. The summed E-state index contributed by atoms with van der Waals surface area (Å²) in [5.74, 6) is 0.997. The Bertz CT molecular complexity index is 770. The molecule has 0 bridgehead atoms. The van der Waals surface area contributed by atoms with Crippen molar-refractivity contribution in [1.82, 2.24) is 0 Å². The summed E-state index contributed by atoms with van der Waals surface area (Å²) in [5.41, 5.74) is 5.25. The van der Waals surface area contributed by atoms with Gasteiger partial charge in [-0.3, -0.25) is 4.79 Å². The maximum absolute atomic E-state index is 12.3. The van der Waals surface area contributed by atoms with E-state index in [4.69, 9.17) is 16.3 Å². The van der Waals surface area contributed by atoms with Crippen LogP contribution in [0.1, 0.15) is 27.9 Å². The monoisotopic (exact) mass is 362 g/mol. The quantitative estimate of drug-likeness (QED) is 0.629. The first-order valence-electron chi connectivity index (χ1n) is 6.90. The van der Waals surface area contributed by atoms with Gasteiger partial charge in [0.15, 0.2) is 5.78 Å². The van der Waals surface area contributed by atoms with E-state index in [2.05, 4.69) is 22.0 Å². The lowest BCUT2D eigenvalue weighted by molar-refractivity contribution is 0.0981. The van der Waals surface area contributed by atoms with Crippen molar-refractivity contribution in [1.29, 1.82) is 0 Å². The smallest absolute Gasteiger partial charge is 0.176 e. The Balaban J connectivity index is 1.90. The first kappa shape index (κ1) is 13.4. The Morgan fingerprint density at radius 3 is 2.76 bits per heavy atom. The molecule has 0 radical (unpaired) electrons. The lowest BCUT2D eigenvalue weighted by atomic mass is 9.85. The van der Waals surface area contributed by atoms with Crippen molar-refractivity contribution in [3.63, 3.8) is 0 Å². The third kappa shape index (κ3) is 2.11. The number of carbonyl (C=O) groups excluding carboxylic acids is 1. The van der Waals surface area contributed by atoms with Crippen molar-refractivity contribution in [3.8, 4) is 16.9 Å². The molecule has 1 aliphatic carbocycles. The molecule has 0 aromatic heterocycles. The van der Waals surface area contributed by atoms with Crippen LogP contribution in [0.15, 0.2) is 30.3 Å². The molecular weight excluding hydrogens is 352 g/mol. The Labute approximate surface area is 136 Å². The number of alkyl halides is 1. The molecule has 2 aliphatic rings. The number of aryl methyl sites for hydroxylation is 1. The lowest BCUT2D eigenvalue weighted by Gasteiger charge is -2.26. The molecule has 2 aromatic carbocycles. The second-order valence-corrected chi connectivity index (χ2v) is 7.01. The van der Waals surface area contributed by atoms with E-state index in [0.29, 0.717) is 11.6 Å². The molecule has 0 saturated heterocycles. The topological polar surface area (TPSA) is 26.3 Å². The molecule has 0 spiro atoms. The number of fused-ring (bicyclic) bond motifs is 4. The second kappa shape index (κ2) is 4.85. The Morgan fingerprint density at radius 1 is 1.10 bits per heavy atom. The van der Waals surface area contributed by atoms with Crippen LogP contribution >= 0.6 is 27.5 Å². The molecule has 21 heavy (non-hydrogen) atoms. The van der Waals surface area contributed by atoms with Gasteiger partial charge in [0.1, 0.15) is 12.4 Å². The fraction of sp³-hybridized carbons (Fsp3) is 0.235. The Morgan fingerprint density at radius 2 is 1.90 bits per heavy atom. The second-order valence-electron chi connectivity index (χ2n) is 5.47. The molecule has 2 nitrogen and oxygen atoms in total. The maximum atomic E-state index is 12.3. The van der Waals surface area contributed by atoms with Gasteiger partial charge < -0.3 is 4.74 Å². The molecule has 0 saturated carbocycles. The average Bonchev–Trinajstić information content (AvgIpc) is 2.49. The third-order valence-electron chi connectivity index (χ3n) is 4.16. The van der Waals surface area contributed by atoms with E-state index in [0.717, 1.165) is 46.4 Å². The van der Waals surface area contributed by atoms with Crippen molar-refractivity contribution in [2.45, 2.75) is 24.3 Å². The van der Waals surface area contributed by atoms with Gasteiger partial charge in [0, 0.05) is 16.1 Å². The van der Waals surface area contributed by atoms with Crippen molar-refractivity contribution < 1.29 is 9.53 Å². The maximum Gasteiger partial charge on any atom is 0.176 e. The summed E-state index contributed by atoms with van der Waals surface area (Å²) < 4.78 is 5.78. The van der Waals surface area contributed by atoms with Gasteiger partial charge in [-0.1, -0.05) is 27.5 Å². The normalized spacial score (nSPS) is 19.3. The highest BCUT2D eigenvalue weighted by Crippen LogP contribution is 2.41. The molecule has 1 aliphatic heterocycles. The number of benzene rings is 2. The minimum absolute atomic E-state index is 0.0568. The van der Waals surface area contributed by atoms with Gasteiger partial charge in [0.2, 0.25) is 0 Å². The molecule has 1 atom stereocenters. The zero-order chi connectivity index (χ0) is 14.6. The van der Waals surface area contributed by atoms with Crippen molar-refractivity contribution in [2.24, 2.45) is 0 Å². The Kier molecular flexibility index (Phi) is 3.09. The van der Waals surface area contributed by atoms with Crippen LogP contribution in [0.2, 0.25) is 5.02 Å². The van der Waals surface area contributed by atoms with Gasteiger partial charge in [0.05, 0.1) is 4.83 Å². The van der Waals surface area contributed by atoms with Gasteiger partial charge in [0.25, 0.3) is 0 Å². The summed E-state index contributed by atoms with van der Waals surface area (Å²) in [7, 11) is 0. The molecule has 0 fully saturated rings. The largest absolute Gasteiger partial charge is 0.488 e. The van der Waals surface area contributed by atoms with E-state index in [-0.39, 0.29) is 10.6 Å². The predicted octanol–water partition coefficient (Wildman–Crippen LogP) is 4.79. The van der Waals surface area contributed by atoms with Gasteiger partial charge in [-0.25, -0.2) is 0 Å². The van der Waals surface area contributed by atoms with E-state index in [9.17, 15) is 4.79 Å². The number of Topliss-reactive ketones (excluding diaryl/α,β-unsaturated/α-hetero) is 1. The summed E-state index contributed by atoms with van der Waals surface area (Å²) >= 11 is 9.48. The fourth-order valence-electron chi connectivity index (χ4n) is 3.07. The number of ether oxygens (including phenoxy) is 1. The van der Waals surface area contributed by atoms with E-state index in [1.54, 1.807) is 0 Å². The van der Waals surface area contributed by atoms with Crippen molar-refractivity contribution in [2.75, 3.05) is 0 Å². The summed E-state index contributed by atoms with van der Waals surface area (Å²) in [5, 5.41) is 0.674. The fourth-order valence-corrected chi connectivity index (χ4v) is 3.71. The van der Waals surface area contributed by atoms with E-state index < -0.39 is 0 Å². The zero-order valence-electron chi connectivity index (χ0n) is 11.2. The number of rotatable bonds is 0. The summed E-state index contributed by atoms with van der Waals surface area (Å²) in [6.07, 6.45) is 1.78. The lowest BCUT2D eigenvalue weighted by Crippen LogP contribution is -2.23. The molecule has 4 rings (SSSR count). The molecular formula is C17H12BrClO2. The SMILES string of the molecule is O=C1c2cc3c(cc2CCC1Br)-c1ccc(Cl)cc1OC3. The number of carbonyl (C=O) groups is 1. The van der Waals surface area contributed by atoms with E-state index in [1.165, 1.54) is 0 Å². The molecule has 0 N–H and O–H groups in total. The predicted molar refractivity (Wildman–Crippen MR) is 86.6 cm³/mol. The summed E-state index contributed by atoms with van der Waals surface area (Å²) in [4.78, 5) is 12.2. The summed E-state index contributed by atoms with van der Waals surface area (Å²) in [6, 6.07) is 9.85. The molecule has 106 valence electrons. The van der Waals surface area contributed by atoms with Gasteiger partial charge in [-0.2, -0.15) is 0 Å². The van der Waals surface area contributed by atoms with Gasteiger partial charge >= 0.3 is 0 Å². The summed E-state index contributed by atoms with van der Waals surface area (Å²) in [6.45, 7) is 0.482. The number of hydrogen-bond donors (Lipinski definition) is 0. The number of halogens is 2. The molecule has 1 unspecified atom stereocenters. The van der Waals surface area contributed by atoms with E-state index >= 15 is 0 Å². The molecule has 0 amide bonds. The number of hydrogen-bond acceptors (Lipinski definition) is 2. The minimum atomic E-state index is -0.0568. The van der Waals surface area contributed by atoms with Crippen molar-refractivity contribution >= 4 is 33.3 Å². The van der Waals surface area contributed by atoms with Crippen LogP contribution in [-0.4, -0.2) is 10.6 Å². The molecule has 1 heterocycles. The molecule has 4 heteroatoms. The third-order valence-corrected chi connectivity index (χ3v) is 5.27. The number of ketones is 1. The van der Waals surface area contributed by atoms with Crippen LogP contribution < -0.4 is 4.74 Å². The first-order valence-corrected chi connectivity index (χ1v) is 8.19. The highest BCUT2D eigenvalue weighted by molar-refractivity contribution is 9.10. The molecule has 2 aromatic rings. The van der Waals surface area contributed by atoms with Crippen LogP contribution in [-0.2, 0) is 13.0 Å². The standard InChI is InChI=1S/C17H12BrClO2/c18-15-4-1-9-5-13-10(6-14(9)17(15)20)8-21-16-7-11(19)2-3-12(13)16/h2-3,5-7,15H,1,4,8H2. The highest BCUT2D eigenvalue weighted by atomic mass is 79.9. The van der Waals surface area contributed by atoms with Crippen molar-refractivity contribution in [3.05, 3.63) is 52.0 Å². The minimum Gasteiger partial charge on any atom is -0.488 e. The highest BCUT2D eigenvalue weighted by Gasteiger charge is 2.28. The average molecular weight is 364 g/mol. The van der Waals surface area contributed by atoms with Crippen LogP contribution in [0.4, 0.5) is 0 Å². The van der Waals surface area contributed by atoms with Crippen LogP contribution in [0.3, 0.4) is 0 Å². The van der Waals surface area contributed by atoms with Gasteiger partial charge in [-0.15, -0.1) is 0 Å². The first-order chi connectivity index (χ1) is 10.1. The van der Waals surface area contributed by atoms with Crippen LogP contribution in [0, 0.1) is 0 Å².